The summed E-state index contributed by atoms with van der Waals surface area (Å²) in [6.07, 6.45) is 2.71. The van der Waals surface area contributed by atoms with Crippen LogP contribution in [0.1, 0.15) is 32.6 Å². The molecule has 0 saturated carbocycles. The minimum absolute atomic E-state index is 0.139. The molecule has 0 aliphatic carbocycles. The van der Waals surface area contributed by atoms with Crippen molar-refractivity contribution in [3.05, 3.63) is 0 Å². The number of aliphatic hydroxyl groups is 1. The summed E-state index contributed by atoms with van der Waals surface area (Å²) in [6.45, 7) is 2.96. The maximum absolute atomic E-state index is 11.9. The number of β-amino-alcohol motifs (C(OH)–C–C–N with tert-alkyl or cyclic N) is 1. The van der Waals surface area contributed by atoms with Crippen LogP contribution in [0.25, 0.3) is 0 Å². The highest BCUT2D eigenvalue weighted by molar-refractivity contribution is 7.89. The van der Waals surface area contributed by atoms with Gasteiger partial charge in [-0.2, -0.15) is 4.31 Å². The molecule has 1 saturated heterocycles. The van der Waals surface area contributed by atoms with E-state index in [1.807, 2.05) is 0 Å². The van der Waals surface area contributed by atoms with Gasteiger partial charge in [0.15, 0.2) is 0 Å². The zero-order valence-corrected chi connectivity index (χ0v) is 10.7. The Morgan fingerprint density at radius 1 is 1.44 bits per heavy atom. The summed E-state index contributed by atoms with van der Waals surface area (Å²) < 4.78 is 25.3. The van der Waals surface area contributed by atoms with Gasteiger partial charge in [0.05, 0.1) is 11.4 Å². The lowest BCUT2D eigenvalue weighted by molar-refractivity contribution is 0.00940. The number of hydrogen-bond donors (Lipinski definition) is 2. The molecule has 0 bridgehead atoms. The Morgan fingerprint density at radius 2 is 2.12 bits per heavy atom. The average molecular weight is 250 g/mol. The quantitative estimate of drug-likeness (QED) is 0.668. The minimum Gasteiger partial charge on any atom is -0.389 e. The van der Waals surface area contributed by atoms with Crippen LogP contribution in [-0.4, -0.2) is 48.8 Å². The molecule has 16 heavy (non-hydrogen) atoms. The van der Waals surface area contributed by atoms with E-state index in [1.54, 1.807) is 6.92 Å². The first-order chi connectivity index (χ1) is 7.37. The van der Waals surface area contributed by atoms with E-state index in [2.05, 4.69) is 0 Å². The second kappa shape index (κ2) is 5.44. The van der Waals surface area contributed by atoms with Crippen LogP contribution in [0, 0.1) is 0 Å². The van der Waals surface area contributed by atoms with Crippen LogP contribution in [0.3, 0.4) is 0 Å². The van der Waals surface area contributed by atoms with E-state index in [4.69, 9.17) is 5.73 Å². The van der Waals surface area contributed by atoms with Crippen molar-refractivity contribution in [2.45, 2.75) is 38.2 Å². The van der Waals surface area contributed by atoms with E-state index >= 15 is 0 Å². The average Bonchev–Trinajstić information content (AvgIpc) is 2.16. The first-order valence-corrected chi connectivity index (χ1v) is 7.39. The maximum atomic E-state index is 11.9. The van der Waals surface area contributed by atoms with Crippen LogP contribution < -0.4 is 5.73 Å². The Bertz CT molecular complexity index is 314. The third kappa shape index (κ3) is 4.01. The number of sulfonamides is 1. The zero-order valence-electron chi connectivity index (χ0n) is 9.85. The molecule has 0 aromatic rings. The lowest BCUT2D eigenvalue weighted by atomic mass is 9.97. The monoisotopic (exact) mass is 250 g/mol. The molecule has 0 spiro atoms. The van der Waals surface area contributed by atoms with E-state index in [0.717, 1.165) is 12.8 Å². The lowest BCUT2D eigenvalue weighted by Gasteiger charge is -2.35. The van der Waals surface area contributed by atoms with Crippen molar-refractivity contribution in [2.24, 2.45) is 5.73 Å². The first kappa shape index (κ1) is 13.9. The number of rotatable bonds is 5. The zero-order chi connectivity index (χ0) is 12.2. The molecule has 1 fully saturated rings. The molecule has 1 heterocycles. The Labute approximate surface area is 97.7 Å². The molecule has 1 aliphatic heterocycles. The maximum Gasteiger partial charge on any atom is 0.214 e. The van der Waals surface area contributed by atoms with Crippen molar-refractivity contribution in [1.29, 1.82) is 0 Å². The summed E-state index contributed by atoms with van der Waals surface area (Å²) >= 11 is 0. The molecule has 0 aromatic carbocycles. The molecule has 1 rings (SSSR count). The van der Waals surface area contributed by atoms with Gasteiger partial charge in [-0.3, -0.25) is 0 Å². The second-order valence-corrected chi connectivity index (χ2v) is 6.83. The third-order valence-electron chi connectivity index (χ3n) is 2.89. The van der Waals surface area contributed by atoms with E-state index in [9.17, 15) is 13.5 Å². The molecule has 6 heteroatoms. The van der Waals surface area contributed by atoms with Gasteiger partial charge in [0.1, 0.15) is 0 Å². The number of nitrogens with zero attached hydrogens (tertiary/aromatic N) is 1. The fourth-order valence-electron chi connectivity index (χ4n) is 1.97. The van der Waals surface area contributed by atoms with Gasteiger partial charge < -0.3 is 10.8 Å². The van der Waals surface area contributed by atoms with E-state index in [1.165, 1.54) is 4.31 Å². The van der Waals surface area contributed by atoms with Gasteiger partial charge in [0, 0.05) is 13.1 Å². The molecule has 96 valence electrons. The molecular formula is C10H22N2O3S. The molecule has 3 N–H and O–H groups in total. The Hall–Kier alpha value is -0.170. The van der Waals surface area contributed by atoms with E-state index < -0.39 is 15.6 Å². The summed E-state index contributed by atoms with van der Waals surface area (Å²) in [6, 6.07) is 0. The number of piperidine rings is 1. The van der Waals surface area contributed by atoms with E-state index in [-0.39, 0.29) is 12.3 Å². The summed E-state index contributed by atoms with van der Waals surface area (Å²) in [7, 11) is -3.21. The molecule has 5 nitrogen and oxygen atoms in total. The second-order valence-electron chi connectivity index (χ2n) is 4.75. The van der Waals surface area contributed by atoms with Crippen LogP contribution in [-0.2, 0) is 10.0 Å². The highest BCUT2D eigenvalue weighted by Crippen LogP contribution is 2.22. The van der Waals surface area contributed by atoms with Crippen LogP contribution in [0.15, 0.2) is 0 Å². The topological polar surface area (TPSA) is 83.6 Å². The fraction of sp³-hybridized carbons (Fsp3) is 1.00. The molecule has 0 radical (unpaired) electrons. The highest BCUT2D eigenvalue weighted by atomic mass is 32.2. The molecule has 0 aromatic heterocycles. The number of hydrogen-bond acceptors (Lipinski definition) is 4. The van der Waals surface area contributed by atoms with Crippen molar-refractivity contribution >= 4 is 10.0 Å². The van der Waals surface area contributed by atoms with Gasteiger partial charge in [0.25, 0.3) is 0 Å². The molecule has 1 unspecified atom stereocenters. The van der Waals surface area contributed by atoms with Gasteiger partial charge in [-0.05, 0) is 39.2 Å². The van der Waals surface area contributed by atoms with Crippen LogP contribution in [0.4, 0.5) is 0 Å². The molecule has 1 aliphatic rings. The van der Waals surface area contributed by atoms with Gasteiger partial charge in [-0.15, -0.1) is 0 Å². The SMILES string of the molecule is CC1(O)CCCN(S(=O)(=O)CCCCN)C1. The standard InChI is InChI=1S/C10H22N2O3S/c1-10(13)5-4-7-12(9-10)16(14,15)8-3-2-6-11/h13H,2-9,11H2,1H3. The largest absolute Gasteiger partial charge is 0.389 e. The first-order valence-electron chi connectivity index (χ1n) is 5.78. The summed E-state index contributed by atoms with van der Waals surface area (Å²) in [5.74, 6) is 0.139. The third-order valence-corrected chi connectivity index (χ3v) is 4.79. The normalized spacial score (nSPS) is 28.2. The Kier molecular flexibility index (Phi) is 4.73. The number of nitrogens with two attached hydrogens (primary N) is 1. The Balaban J connectivity index is 2.54. The van der Waals surface area contributed by atoms with Gasteiger partial charge in [0.2, 0.25) is 10.0 Å². The van der Waals surface area contributed by atoms with Crippen LogP contribution >= 0.6 is 0 Å². The van der Waals surface area contributed by atoms with Crippen molar-refractivity contribution in [3.8, 4) is 0 Å². The summed E-state index contributed by atoms with van der Waals surface area (Å²) in [4.78, 5) is 0. The van der Waals surface area contributed by atoms with Crippen molar-refractivity contribution in [1.82, 2.24) is 4.31 Å². The highest BCUT2D eigenvalue weighted by Gasteiger charge is 2.34. The van der Waals surface area contributed by atoms with Crippen molar-refractivity contribution in [3.63, 3.8) is 0 Å². The predicted molar refractivity (Wildman–Crippen MR) is 63.5 cm³/mol. The molecule has 1 atom stereocenters. The predicted octanol–water partition coefficient (Wildman–Crippen LogP) is -0.0981. The van der Waals surface area contributed by atoms with Crippen LogP contribution in [0.2, 0.25) is 0 Å². The van der Waals surface area contributed by atoms with Crippen molar-refractivity contribution in [2.75, 3.05) is 25.4 Å². The van der Waals surface area contributed by atoms with Crippen molar-refractivity contribution < 1.29 is 13.5 Å². The van der Waals surface area contributed by atoms with E-state index in [0.29, 0.717) is 25.9 Å². The smallest absolute Gasteiger partial charge is 0.214 e. The molecular weight excluding hydrogens is 228 g/mol. The summed E-state index contributed by atoms with van der Waals surface area (Å²) in [5, 5.41) is 9.85. The number of unbranched alkanes of at least 4 members (excludes halogenated alkanes) is 1. The van der Waals surface area contributed by atoms with Gasteiger partial charge in [-0.25, -0.2) is 8.42 Å². The molecule has 0 amide bonds. The summed E-state index contributed by atoms with van der Waals surface area (Å²) in [5.41, 5.74) is 4.46. The fourth-order valence-corrected chi connectivity index (χ4v) is 3.68. The van der Waals surface area contributed by atoms with Crippen LogP contribution in [0.5, 0.6) is 0 Å². The Morgan fingerprint density at radius 3 is 2.69 bits per heavy atom. The minimum atomic E-state index is -3.21. The van der Waals surface area contributed by atoms with Gasteiger partial charge in [-0.1, -0.05) is 0 Å². The lowest BCUT2D eigenvalue weighted by Crippen LogP contribution is -2.49. The van der Waals surface area contributed by atoms with Gasteiger partial charge >= 0.3 is 0 Å².